The SMILES string of the molecule is CCCSc1nc(N2CCCC2)c2cnn(CCNC(=O)c3cccc(C(F)(F)F)c3)c2n1. The van der Waals surface area contributed by atoms with E-state index in [9.17, 15) is 18.0 Å². The molecule has 1 saturated heterocycles. The molecule has 1 amide bonds. The molecule has 4 rings (SSSR count). The molecule has 1 aliphatic rings. The smallest absolute Gasteiger partial charge is 0.356 e. The van der Waals surface area contributed by atoms with Crippen LogP contribution in [0.15, 0.2) is 35.6 Å². The van der Waals surface area contributed by atoms with Crippen LogP contribution in [0, 0.1) is 0 Å². The Morgan fingerprint density at radius 2 is 2.00 bits per heavy atom. The molecular formula is C22H25F3N6OS. The minimum absolute atomic E-state index is 0.0351. The monoisotopic (exact) mass is 478 g/mol. The molecule has 3 heterocycles. The van der Waals surface area contributed by atoms with Crippen LogP contribution in [-0.4, -0.2) is 51.0 Å². The zero-order valence-corrected chi connectivity index (χ0v) is 19.0. The van der Waals surface area contributed by atoms with E-state index in [1.165, 1.54) is 12.1 Å². The summed E-state index contributed by atoms with van der Waals surface area (Å²) in [6, 6.07) is 4.38. The number of hydrogen-bond donors (Lipinski definition) is 1. The van der Waals surface area contributed by atoms with Gasteiger partial charge in [0.25, 0.3) is 5.91 Å². The van der Waals surface area contributed by atoms with Crippen LogP contribution < -0.4 is 10.2 Å². The molecule has 176 valence electrons. The van der Waals surface area contributed by atoms with E-state index in [1.807, 2.05) is 0 Å². The number of anilines is 1. The quantitative estimate of drug-likeness (QED) is 0.383. The van der Waals surface area contributed by atoms with Crippen molar-refractivity contribution < 1.29 is 18.0 Å². The van der Waals surface area contributed by atoms with Crippen molar-refractivity contribution in [1.82, 2.24) is 25.1 Å². The lowest BCUT2D eigenvalue weighted by Gasteiger charge is -2.18. The van der Waals surface area contributed by atoms with Gasteiger partial charge in [-0.2, -0.15) is 18.3 Å². The van der Waals surface area contributed by atoms with E-state index in [4.69, 9.17) is 4.98 Å². The standard InChI is InChI=1S/C22H25F3N6OS/c1-2-12-33-21-28-18(30-9-3-4-10-30)17-14-27-31(19(17)29-21)11-8-26-20(32)15-6-5-7-16(13-15)22(23,24)25/h5-7,13-14H,2-4,8-12H2,1H3,(H,26,32). The Morgan fingerprint density at radius 3 is 2.73 bits per heavy atom. The van der Waals surface area contributed by atoms with Crippen molar-refractivity contribution in [2.45, 2.75) is 44.1 Å². The minimum Gasteiger partial charge on any atom is -0.356 e. The molecule has 0 spiro atoms. The summed E-state index contributed by atoms with van der Waals surface area (Å²) < 4.78 is 40.4. The van der Waals surface area contributed by atoms with Crippen molar-refractivity contribution in [2.24, 2.45) is 0 Å². The highest BCUT2D eigenvalue weighted by Gasteiger charge is 2.30. The van der Waals surface area contributed by atoms with Gasteiger partial charge in [-0.25, -0.2) is 14.6 Å². The Morgan fingerprint density at radius 1 is 1.21 bits per heavy atom. The first-order valence-electron chi connectivity index (χ1n) is 10.9. The number of hydrogen-bond acceptors (Lipinski definition) is 6. The molecule has 7 nitrogen and oxygen atoms in total. The van der Waals surface area contributed by atoms with Gasteiger partial charge >= 0.3 is 6.18 Å². The van der Waals surface area contributed by atoms with Crippen LogP contribution in [-0.2, 0) is 12.7 Å². The Labute approximate surface area is 193 Å². The van der Waals surface area contributed by atoms with Gasteiger partial charge in [0.15, 0.2) is 10.8 Å². The predicted octanol–water partition coefficient (Wildman–Crippen LogP) is 4.38. The molecular weight excluding hydrogens is 453 g/mol. The zero-order chi connectivity index (χ0) is 23.4. The molecule has 2 aromatic heterocycles. The van der Waals surface area contributed by atoms with Crippen molar-refractivity contribution in [3.8, 4) is 0 Å². The molecule has 1 N–H and O–H groups in total. The van der Waals surface area contributed by atoms with E-state index in [0.29, 0.717) is 17.3 Å². The largest absolute Gasteiger partial charge is 0.416 e. The number of benzene rings is 1. The molecule has 0 atom stereocenters. The second-order valence-corrected chi connectivity index (χ2v) is 8.87. The first-order chi connectivity index (χ1) is 15.9. The summed E-state index contributed by atoms with van der Waals surface area (Å²) >= 11 is 1.60. The maximum absolute atomic E-state index is 12.9. The fourth-order valence-corrected chi connectivity index (χ4v) is 4.42. The second kappa shape index (κ2) is 9.98. The average molecular weight is 479 g/mol. The molecule has 11 heteroatoms. The van der Waals surface area contributed by atoms with Gasteiger partial charge in [-0.05, 0) is 37.5 Å². The molecule has 0 unspecified atom stereocenters. The number of thioether (sulfide) groups is 1. The van der Waals surface area contributed by atoms with Crippen molar-refractivity contribution >= 4 is 34.5 Å². The van der Waals surface area contributed by atoms with E-state index in [-0.39, 0.29) is 12.1 Å². The van der Waals surface area contributed by atoms with Gasteiger partial charge in [-0.1, -0.05) is 24.8 Å². The van der Waals surface area contributed by atoms with Gasteiger partial charge in [-0.15, -0.1) is 0 Å². The zero-order valence-electron chi connectivity index (χ0n) is 18.2. The van der Waals surface area contributed by atoms with Crippen molar-refractivity contribution in [2.75, 3.05) is 30.3 Å². The number of aromatic nitrogens is 4. The van der Waals surface area contributed by atoms with Gasteiger partial charge in [0.2, 0.25) is 0 Å². The van der Waals surface area contributed by atoms with Crippen molar-refractivity contribution in [3.05, 3.63) is 41.6 Å². The van der Waals surface area contributed by atoms with Gasteiger partial charge in [0.1, 0.15) is 5.82 Å². The number of halogens is 3. The number of fused-ring (bicyclic) bond motifs is 1. The normalized spacial score (nSPS) is 14.2. The van der Waals surface area contributed by atoms with E-state index >= 15 is 0 Å². The third-order valence-corrected chi connectivity index (χ3v) is 6.41. The molecule has 33 heavy (non-hydrogen) atoms. The summed E-state index contributed by atoms with van der Waals surface area (Å²) in [4.78, 5) is 24.1. The van der Waals surface area contributed by atoms with E-state index < -0.39 is 17.6 Å². The Bertz CT molecular complexity index is 1130. The van der Waals surface area contributed by atoms with Crippen LogP contribution >= 0.6 is 11.8 Å². The van der Waals surface area contributed by atoms with Gasteiger partial charge < -0.3 is 10.2 Å². The maximum Gasteiger partial charge on any atom is 0.416 e. The second-order valence-electron chi connectivity index (χ2n) is 7.81. The number of nitrogens with zero attached hydrogens (tertiary/aromatic N) is 5. The van der Waals surface area contributed by atoms with Crippen LogP contribution in [0.2, 0.25) is 0 Å². The van der Waals surface area contributed by atoms with Crippen LogP contribution in [0.5, 0.6) is 0 Å². The summed E-state index contributed by atoms with van der Waals surface area (Å²) in [6.45, 7) is 4.53. The Hall–Kier alpha value is -2.82. The first-order valence-corrected chi connectivity index (χ1v) is 11.9. The Kier molecular flexibility index (Phi) is 7.06. The molecule has 0 bridgehead atoms. The third kappa shape index (κ3) is 5.40. The lowest BCUT2D eigenvalue weighted by atomic mass is 10.1. The number of nitrogens with one attached hydrogen (secondary N) is 1. The Balaban J connectivity index is 1.49. The highest BCUT2D eigenvalue weighted by molar-refractivity contribution is 7.99. The first kappa shape index (κ1) is 23.3. The van der Waals surface area contributed by atoms with E-state index in [2.05, 4.69) is 27.2 Å². The van der Waals surface area contributed by atoms with Gasteiger partial charge in [-0.3, -0.25) is 4.79 Å². The van der Waals surface area contributed by atoms with Crippen LogP contribution in [0.25, 0.3) is 11.0 Å². The average Bonchev–Trinajstić information content (AvgIpc) is 3.47. The summed E-state index contributed by atoms with van der Waals surface area (Å²) in [7, 11) is 0. The lowest BCUT2D eigenvalue weighted by molar-refractivity contribution is -0.137. The van der Waals surface area contributed by atoms with Gasteiger partial charge in [0, 0.05) is 31.0 Å². The molecule has 0 saturated carbocycles. The number of carbonyl (C=O) groups excluding carboxylic acids is 1. The number of amides is 1. The highest BCUT2D eigenvalue weighted by atomic mass is 32.2. The van der Waals surface area contributed by atoms with E-state index in [0.717, 1.165) is 61.4 Å². The molecule has 1 aromatic carbocycles. The van der Waals surface area contributed by atoms with Gasteiger partial charge in [0.05, 0.1) is 23.7 Å². The summed E-state index contributed by atoms with van der Waals surface area (Å²) in [5, 5.41) is 8.67. The molecule has 0 aliphatic carbocycles. The number of rotatable bonds is 8. The molecule has 1 fully saturated rings. The van der Waals surface area contributed by atoms with Crippen LogP contribution in [0.3, 0.4) is 0 Å². The third-order valence-electron chi connectivity index (χ3n) is 5.36. The number of carbonyl (C=O) groups is 1. The van der Waals surface area contributed by atoms with Crippen molar-refractivity contribution in [1.29, 1.82) is 0 Å². The van der Waals surface area contributed by atoms with Crippen molar-refractivity contribution in [3.63, 3.8) is 0 Å². The fourth-order valence-electron chi connectivity index (χ4n) is 3.73. The summed E-state index contributed by atoms with van der Waals surface area (Å²) in [6.07, 6.45) is 0.500. The molecule has 0 radical (unpaired) electrons. The predicted molar refractivity (Wildman–Crippen MR) is 122 cm³/mol. The van der Waals surface area contributed by atoms with Crippen LogP contribution in [0.1, 0.15) is 42.1 Å². The molecule has 1 aliphatic heterocycles. The lowest BCUT2D eigenvalue weighted by Crippen LogP contribution is -2.28. The maximum atomic E-state index is 12.9. The topological polar surface area (TPSA) is 75.9 Å². The number of alkyl halides is 3. The summed E-state index contributed by atoms with van der Waals surface area (Å²) in [5.74, 6) is 1.23. The van der Waals surface area contributed by atoms with E-state index in [1.54, 1.807) is 22.6 Å². The fraction of sp³-hybridized carbons (Fsp3) is 0.455. The summed E-state index contributed by atoms with van der Waals surface area (Å²) in [5.41, 5.74) is -0.192. The highest BCUT2D eigenvalue weighted by Crippen LogP contribution is 2.30. The molecule has 3 aromatic rings. The van der Waals surface area contributed by atoms with Crippen LogP contribution in [0.4, 0.5) is 19.0 Å². The minimum atomic E-state index is -4.50.